The fourth-order valence-electron chi connectivity index (χ4n) is 4.80. The maximum Gasteiger partial charge on any atom is 0.267 e. The molecule has 2 aliphatic rings. The summed E-state index contributed by atoms with van der Waals surface area (Å²) in [5.74, 6) is 1.43. The van der Waals surface area contributed by atoms with Crippen molar-refractivity contribution in [2.24, 2.45) is 5.92 Å². The first-order chi connectivity index (χ1) is 17.2. The number of rotatable bonds is 9. The van der Waals surface area contributed by atoms with Crippen molar-refractivity contribution in [2.75, 3.05) is 13.2 Å². The number of aromatic nitrogens is 3. The molecule has 8 nitrogen and oxygen atoms in total. The molecule has 1 saturated heterocycles. The third kappa shape index (κ3) is 5.09. The van der Waals surface area contributed by atoms with Crippen LogP contribution in [0.4, 0.5) is 0 Å². The smallest absolute Gasteiger partial charge is 0.267 e. The van der Waals surface area contributed by atoms with E-state index < -0.39 is 10.0 Å². The summed E-state index contributed by atoms with van der Waals surface area (Å²) in [6.45, 7) is 8.96. The molecule has 2 aromatic heterocycles. The number of amides is 1. The van der Waals surface area contributed by atoms with Gasteiger partial charge in [-0.25, -0.2) is 17.4 Å². The average Bonchev–Trinajstić information content (AvgIpc) is 3.40. The van der Waals surface area contributed by atoms with Crippen molar-refractivity contribution in [3.8, 4) is 0 Å². The summed E-state index contributed by atoms with van der Waals surface area (Å²) in [5, 5.41) is 2.94. The number of nitrogens with one attached hydrogen (secondary N) is 1. The predicted octanol–water partition coefficient (Wildman–Crippen LogP) is 4.01. The van der Waals surface area contributed by atoms with E-state index in [0.29, 0.717) is 17.0 Å². The maximum absolute atomic E-state index is 13.4. The second kappa shape index (κ2) is 9.67. The van der Waals surface area contributed by atoms with Crippen LogP contribution in [0.1, 0.15) is 64.3 Å². The van der Waals surface area contributed by atoms with Gasteiger partial charge in [0.1, 0.15) is 5.82 Å². The molecule has 0 bridgehead atoms. The van der Waals surface area contributed by atoms with Gasteiger partial charge in [0.25, 0.3) is 10.0 Å². The highest BCUT2D eigenvalue weighted by atomic mass is 32.2. The van der Waals surface area contributed by atoms with Crippen molar-refractivity contribution < 1.29 is 17.9 Å². The van der Waals surface area contributed by atoms with E-state index in [1.54, 1.807) is 18.2 Å². The van der Waals surface area contributed by atoms with Gasteiger partial charge in [0.15, 0.2) is 0 Å². The zero-order valence-electron chi connectivity index (χ0n) is 21.4. The molecule has 1 aliphatic heterocycles. The van der Waals surface area contributed by atoms with Crippen molar-refractivity contribution in [3.63, 3.8) is 0 Å². The lowest BCUT2D eigenvalue weighted by Gasteiger charge is -2.28. The van der Waals surface area contributed by atoms with E-state index in [9.17, 15) is 13.2 Å². The van der Waals surface area contributed by atoms with Gasteiger partial charge in [0.05, 0.1) is 22.3 Å². The van der Waals surface area contributed by atoms with Crippen LogP contribution in [-0.4, -0.2) is 47.1 Å². The lowest BCUT2D eigenvalue weighted by atomic mass is 9.89. The van der Waals surface area contributed by atoms with Crippen LogP contribution in [-0.2, 0) is 37.9 Å². The Morgan fingerprint density at radius 2 is 1.92 bits per heavy atom. The number of benzene rings is 1. The maximum atomic E-state index is 13.4. The lowest BCUT2D eigenvalue weighted by Crippen LogP contribution is -2.26. The highest BCUT2D eigenvalue weighted by Gasteiger charge is 2.29. The minimum Gasteiger partial charge on any atom is -0.381 e. The van der Waals surface area contributed by atoms with Gasteiger partial charge in [-0.2, -0.15) is 0 Å². The van der Waals surface area contributed by atoms with E-state index in [4.69, 9.17) is 9.72 Å². The van der Waals surface area contributed by atoms with Crippen LogP contribution >= 0.6 is 0 Å². The number of fused-ring (bicyclic) bond motifs is 1. The van der Waals surface area contributed by atoms with Crippen molar-refractivity contribution in [3.05, 3.63) is 48.0 Å². The molecule has 1 saturated carbocycles. The molecule has 2 fully saturated rings. The Labute approximate surface area is 213 Å². The first-order valence-electron chi connectivity index (χ1n) is 13.0. The molecule has 9 heteroatoms. The van der Waals surface area contributed by atoms with Crippen LogP contribution in [0.25, 0.3) is 11.0 Å². The second-order valence-corrected chi connectivity index (χ2v) is 12.7. The highest BCUT2D eigenvalue weighted by molar-refractivity contribution is 7.90. The SMILES string of the molecule is CCC(C)(C)c1nc2cc(S(=O)(=O)n3ccc(CC(=O)NC4CC4)c3)ccc2n1CC1CCOCC1. The van der Waals surface area contributed by atoms with Crippen molar-refractivity contribution in [2.45, 2.75) is 82.2 Å². The number of hydrogen-bond donors (Lipinski definition) is 1. The molecule has 5 rings (SSSR count). The van der Waals surface area contributed by atoms with Crippen LogP contribution in [0.5, 0.6) is 0 Å². The first kappa shape index (κ1) is 25.0. The van der Waals surface area contributed by atoms with Crippen LogP contribution in [0.2, 0.25) is 0 Å². The Morgan fingerprint density at radius 3 is 2.61 bits per heavy atom. The minimum absolute atomic E-state index is 0.0739. The Balaban J connectivity index is 1.45. The van der Waals surface area contributed by atoms with Crippen molar-refractivity contribution >= 4 is 27.0 Å². The van der Waals surface area contributed by atoms with E-state index in [2.05, 4.69) is 30.7 Å². The number of carbonyl (C=O) groups is 1. The zero-order valence-corrected chi connectivity index (χ0v) is 22.2. The standard InChI is InChI=1S/C27H36N4O4S/c1-4-27(2,3)26-29-23-16-22(7-8-24(23)31(26)18-19-10-13-35-14-11-19)36(33,34)30-12-9-20(17-30)15-25(32)28-21-5-6-21/h7-9,12,16-17,19,21H,4-6,10-11,13-15,18H2,1-3H3,(H,28,32). The Morgan fingerprint density at radius 1 is 1.17 bits per heavy atom. The normalized spacial score (nSPS) is 17.5. The molecule has 0 radical (unpaired) electrons. The van der Waals surface area contributed by atoms with Gasteiger partial charge in [-0.3, -0.25) is 4.79 Å². The van der Waals surface area contributed by atoms with Gasteiger partial charge < -0.3 is 14.6 Å². The Kier molecular flexibility index (Phi) is 6.72. The molecule has 194 valence electrons. The molecule has 0 atom stereocenters. The van der Waals surface area contributed by atoms with Crippen LogP contribution in [0, 0.1) is 5.92 Å². The summed E-state index contributed by atoms with van der Waals surface area (Å²) >= 11 is 0. The van der Waals surface area contributed by atoms with E-state index >= 15 is 0 Å². The van der Waals surface area contributed by atoms with Crippen LogP contribution in [0.3, 0.4) is 0 Å². The highest BCUT2D eigenvalue weighted by Crippen LogP contribution is 2.32. The van der Waals surface area contributed by atoms with Gasteiger partial charge in [0, 0.05) is 43.6 Å². The van der Waals surface area contributed by atoms with E-state index in [-0.39, 0.29) is 28.7 Å². The summed E-state index contributed by atoms with van der Waals surface area (Å²) < 4.78 is 35.9. The molecule has 1 N–H and O–H groups in total. The van der Waals surface area contributed by atoms with Gasteiger partial charge in [0.2, 0.25) is 5.91 Å². The van der Waals surface area contributed by atoms with E-state index in [1.807, 2.05) is 6.07 Å². The lowest BCUT2D eigenvalue weighted by molar-refractivity contribution is -0.120. The molecule has 1 aliphatic carbocycles. The summed E-state index contributed by atoms with van der Waals surface area (Å²) in [4.78, 5) is 17.3. The average molecular weight is 513 g/mol. The molecule has 0 unspecified atom stereocenters. The molecule has 1 amide bonds. The number of ether oxygens (including phenoxy) is 1. The monoisotopic (exact) mass is 512 g/mol. The number of imidazole rings is 1. The summed E-state index contributed by atoms with van der Waals surface area (Å²) in [7, 11) is -3.81. The fraction of sp³-hybridized carbons (Fsp3) is 0.556. The molecular weight excluding hydrogens is 476 g/mol. The number of nitrogens with zero attached hydrogens (tertiary/aromatic N) is 3. The molecule has 36 heavy (non-hydrogen) atoms. The molecule has 3 aromatic rings. The quantitative estimate of drug-likeness (QED) is 0.467. The topological polar surface area (TPSA) is 95.2 Å². The third-order valence-electron chi connectivity index (χ3n) is 7.60. The van der Waals surface area contributed by atoms with Crippen LogP contribution < -0.4 is 5.32 Å². The predicted molar refractivity (Wildman–Crippen MR) is 138 cm³/mol. The van der Waals surface area contributed by atoms with E-state index in [0.717, 1.165) is 63.2 Å². The van der Waals surface area contributed by atoms with Gasteiger partial charge in [-0.15, -0.1) is 0 Å². The first-order valence-corrected chi connectivity index (χ1v) is 14.4. The Bertz CT molecular complexity index is 1360. The number of hydrogen-bond acceptors (Lipinski definition) is 5. The largest absolute Gasteiger partial charge is 0.381 e. The Hall–Kier alpha value is -2.65. The molecule has 1 aromatic carbocycles. The van der Waals surface area contributed by atoms with Crippen molar-refractivity contribution in [1.29, 1.82) is 0 Å². The second-order valence-electron chi connectivity index (χ2n) is 10.9. The van der Waals surface area contributed by atoms with Gasteiger partial charge >= 0.3 is 0 Å². The molecule has 0 spiro atoms. The van der Waals surface area contributed by atoms with Crippen LogP contribution in [0.15, 0.2) is 41.6 Å². The minimum atomic E-state index is -3.81. The van der Waals surface area contributed by atoms with Gasteiger partial charge in [-0.1, -0.05) is 20.8 Å². The van der Waals surface area contributed by atoms with Crippen molar-refractivity contribution in [1.82, 2.24) is 18.8 Å². The van der Waals surface area contributed by atoms with E-state index in [1.165, 1.54) is 16.4 Å². The summed E-state index contributed by atoms with van der Waals surface area (Å²) in [6, 6.07) is 7.20. The molecular formula is C27H36N4O4S. The summed E-state index contributed by atoms with van der Waals surface area (Å²) in [5.41, 5.74) is 2.18. The van der Waals surface area contributed by atoms with Gasteiger partial charge in [-0.05, 0) is 67.9 Å². The number of carbonyl (C=O) groups excluding carboxylic acids is 1. The third-order valence-corrected chi connectivity index (χ3v) is 9.23. The fourth-order valence-corrected chi connectivity index (χ4v) is 6.04. The zero-order chi connectivity index (χ0) is 25.5. The summed E-state index contributed by atoms with van der Waals surface area (Å²) in [6.07, 6.45) is 8.21. The molecule has 3 heterocycles.